The fourth-order valence-corrected chi connectivity index (χ4v) is 3.33. The van der Waals surface area contributed by atoms with Crippen molar-refractivity contribution in [2.75, 3.05) is 20.2 Å². The van der Waals surface area contributed by atoms with Crippen LogP contribution in [-0.4, -0.2) is 43.2 Å². The number of nitrogens with zero attached hydrogens (tertiary/aromatic N) is 1. The van der Waals surface area contributed by atoms with Gasteiger partial charge in [0.15, 0.2) is 0 Å². The molecule has 1 heterocycles. The highest BCUT2D eigenvalue weighted by molar-refractivity contribution is 9.10. The van der Waals surface area contributed by atoms with Gasteiger partial charge in [-0.1, -0.05) is 6.07 Å². The summed E-state index contributed by atoms with van der Waals surface area (Å²) in [4.78, 5) is 14.6. The van der Waals surface area contributed by atoms with Crippen LogP contribution in [0.1, 0.15) is 28.8 Å². The zero-order valence-corrected chi connectivity index (χ0v) is 13.5. The SMILES string of the molecule is COC1CCN(C(=O)c2ccc(C)cc2Br)C(CN)C1. The lowest BCUT2D eigenvalue weighted by molar-refractivity contribution is 0.0138. The first-order valence-electron chi connectivity index (χ1n) is 6.86. The highest BCUT2D eigenvalue weighted by Gasteiger charge is 2.31. The highest BCUT2D eigenvalue weighted by atomic mass is 79.9. The zero-order chi connectivity index (χ0) is 14.7. The number of hydrogen-bond acceptors (Lipinski definition) is 3. The molecule has 1 aliphatic rings. The van der Waals surface area contributed by atoms with Crippen LogP contribution in [0.3, 0.4) is 0 Å². The summed E-state index contributed by atoms with van der Waals surface area (Å²) in [6.07, 6.45) is 1.87. The molecule has 1 amide bonds. The van der Waals surface area contributed by atoms with Gasteiger partial charge in [-0.05, 0) is 53.4 Å². The normalized spacial score (nSPS) is 22.9. The van der Waals surface area contributed by atoms with E-state index >= 15 is 0 Å². The maximum Gasteiger partial charge on any atom is 0.255 e. The zero-order valence-electron chi connectivity index (χ0n) is 11.9. The number of carbonyl (C=O) groups excluding carboxylic acids is 1. The maximum absolute atomic E-state index is 12.7. The Balaban J connectivity index is 2.19. The lowest BCUT2D eigenvalue weighted by Gasteiger charge is -2.38. The van der Waals surface area contributed by atoms with Crippen molar-refractivity contribution in [2.45, 2.75) is 31.9 Å². The first-order chi connectivity index (χ1) is 9.56. The Morgan fingerprint density at radius 2 is 2.30 bits per heavy atom. The van der Waals surface area contributed by atoms with E-state index in [-0.39, 0.29) is 18.1 Å². The van der Waals surface area contributed by atoms with Gasteiger partial charge in [0.05, 0.1) is 11.7 Å². The van der Waals surface area contributed by atoms with E-state index in [2.05, 4.69) is 15.9 Å². The van der Waals surface area contributed by atoms with Crippen molar-refractivity contribution < 1.29 is 9.53 Å². The van der Waals surface area contributed by atoms with Gasteiger partial charge in [0.2, 0.25) is 0 Å². The van der Waals surface area contributed by atoms with Crippen molar-refractivity contribution in [3.05, 3.63) is 33.8 Å². The van der Waals surface area contributed by atoms with Gasteiger partial charge in [-0.2, -0.15) is 0 Å². The van der Waals surface area contributed by atoms with Crippen LogP contribution in [0.25, 0.3) is 0 Å². The van der Waals surface area contributed by atoms with Gasteiger partial charge in [0.1, 0.15) is 0 Å². The molecule has 2 unspecified atom stereocenters. The molecule has 1 aromatic carbocycles. The van der Waals surface area contributed by atoms with Crippen molar-refractivity contribution in [1.82, 2.24) is 4.90 Å². The van der Waals surface area contributed by atoms with E-state index < -0.39 is 0 Å². The first-order valence-corrected chi connectivity index (χ1v) is 7.66. The van der Waals surface area contributed by atoms with E-state index in [4.69, 9.17) is 10.5 Å². The monoisotopic (exact) mass is 340 g/mol. The molecule has 0 aromatic heterocycles. The maximum atomic E-state index is 12.7. The van der Waals surface area contributed by atoms with Gasteiger partial charge in [-0.3, -0.25) is 4.79 Å². The number of piperidine rings is 1. The molecule has 1 saturated heterocycles. The van der Waals surface area contributed by atoms with Gasteiger partial charge in [0, 0.05) is 30.7 Å². The van der Waals surface area contributed by atoms with Crippen molar-refractivity contribution in [2.24, 2.45) is 5.73 Å². The third-order valence-electron chi connectivity index (χ3n) is 3.89. The van der Waals surface area contributed by atoms with Gasteiger partial charge in [-0.25, -0.2) is 0 Å². The summed E-state index contributed by atoms with van der Waals surface area (Å²) in [5.74, 6) is 0.0434. The number of rotatable bonds is 3. The molecule has 0 aliphatic carbocycles. The van der Waals surface area contributed by atoms with Crippen LogP contribution in [0.2, 0.25) is 0 Å². The molecule has 5 heteroatoms. The Morgan fingerprint density at radius 3 is 2.90 bits per heavy atom. The Morgan fingerprint density at radius 1 is 1.55 bits per heavy atom. The Bertz CT molecular complexity index is 493. The molecule has 1 aromatic rings. The van der Waals surface area contributed by atoms with E-state index in [1.165, 1.54) is 0 Å². The van der Waals surface area contributed by atoms with Crippen LogP contribution in [-0.2, 0) is 4.74 Å². The fourth-order valence-electron chi connectivity index (χ4n) is 2.67. The van der Waals surface area contributed by atoms with Crippen molar-refractivity contribution in [3.8, 4) is 0 Å². The molecule has 110 valence electrons. The van der Waals surface area contributed by atoms with Crippen LogP contribution < -0.4 is 5.73 Å². The number of nitrogens with two attached hydrogens (primary N) is 1. The van der Waals surface area contributed by atoms with E-state index in [0.717, 1.165) is 22.9 Å². The Hall–Kier alpha value is -0.910. The highest BCUT2D eigenvalue weighted by Crippen LogP contribution is 2.25. The fraction of sp³-hybridized carbons (Fsp3) is 0.533. The second-order valence-electron chi connectivity index (χ2n) is 5.25. The number of hydrogen-bond donors (Lipinski definition) is 1. The largest absolute Gasteiger partial charge is 0.381 e. The first kappa shape index (κ1) is 15.5. The Labute approximate surface area is 128 Å². The number of ether oxygens (including phenoxy) is 1. The predicted octanol–water partition coefficient (Wildman–Crippen LogP) is 2.34. The third kappa shape index (κ3) is 3.22. The van der Waals surface area contributed by atoms with Crippen LogP contribution in [0.4, 0.5) is 0 Å². The standard InChI is InChI=1S/C15H21BrN2O2/c1-10-3-4-13(14(16)7-10)15(19)18-6-5-12(20-2)8-11(18)9-17/h3-4,7,11-12H,5-6,8-9,17H2,1-2H3. The predicted molar refractivity (Wildman–Crippen MR) is 82.8 cm³/mol. The van der Waals surface area contributed by atoms with E-state index in [1.807, 2.05) is 30.0 Å². The summed E-state index contributed by atoms with van der Waals surface area (Å²) in [6, 6.07) is 5.84. The molecule has 2 N–H and O–H groups in total. The van der Waals surface area contributed by atoms with Gasteiger partial charge in [0.25, 0.3) is 5.91 Å². The molecule has 0 bridgehead atoms. The minimum absolute atomic E-state index is 0.0434. The average Bonchev–Trinajstić information content (AvgIpc) is 2.46. The summed E-state index contributed by atoms with van der Waals surface area (Å²) in [7, 11) is 1.71. The molecule has 1 aliphatic heterocycles. The molecule has 0 saturated carbocycles. The lowest BCUT2D eigenvalue weighted by atomic mass is 9.98. The minimum Gasteiger partial charge on any atom is -0.381 e. The number of halogens is 1. The summed E-state index contributed by atoms with van der Waals surface area (Å²) in [5.41, 5.74) is 7.65. The number of likely N-dealkylation sites (tertiary alicyclic amines) is 1. The van der Waals surface area contributed by atoms with Crippen LogP contribution in [0.15, 0.2) is 22.7 Å². The smallest absolute Gasteiger partial charge is 0.255 e. The topological polar surface area (TPSA) is 55.6 Å². The second-order valence-corrected chi connectivity index (χ2v) is 6.11. The quantitative estimate of drug-likeness (QED) is 0.918. The summed E-state index contributed by atoms with van der Waals surface area (Å²) in [5, 5.41) is 0. The molecule has 0 spiro atoms. The molecule has 4 nitrogen and oxygen atoms in total. The average molecular weight is 341 g/mol. The lowest BCUT2D eigenvalue weighted by Crippen LogP contribution is -2.51. The van der Waals surface area contributed by atoms with Crippen molar-refractivity contribution in [3.63, 3.8) is 0 Å². The summed E-state index contributed by atoms with van der Waals surface area (Å²) < 4.78 is 6.23. The summed E-state index contributed by atoms with van der Waals surface area (Å²) in [6.45, 7) is 3.17. The molecular formula is C15H21BrN2O2. The van der Waals surface area contributed by atoms with Gasteiger partial charge in [-0.15, -0.1) is 0 Å². The van der Waals surface area contributed by atoms with E-state index in [1.54, 1.807) is 7.11 Å². The molecule has 2 rings (SSSR count). The number of aryl methyl sites for hydroxylation is 1. The van der Waals surface area contributed by atoms with Crippen LogP contribution in [0.5, 0.6) is 0 Å². The molecule has 0 radical (unpaired) electrons. The second kappa shape index (κ2) is 6.70. The number of carbonyl (C=O) groups is 1. The Kier molecular flexibility index (Phi) is 5.18. The van der Waals surface area contributed by atoms with E-state index in [9.17, 15) is 4.79 Å². The number of methoxy groups -OCH3 is 1. The van der Waals surface area contributed by atoms with Crippen molar-refractivity contribution in [1.29, 1.82) is 0 Å². The van der Waals surface area contributed by atoms with Crippen LogP contribution >= 0.6 is 15.9 Å². The minimum atomic E-state index is 0.0434. The number of amides is 1. The van der Waals surface area contributed by atoms with Gasteiger partial charge < -0.3 is 15.4 Å². The molecule has 20 heavy (non-hydrogen) atoms. The van der Waals surface area contributed by atoms with Gasteiger partial charge >= 0.3 is 0 Å². The molecule has 2 atom stereocenters. The molecule has 1 fully saturated rings. The van der Waals surface area contributed by atoms with E-state index in [0.29, 0.717) is 18.7 Å². The number of benzene rings is 1. The van der Waals surface area contributed by atoms with Crippen LogP contribution in [0, 0.1) is 6.92 Å². The third-order valence-corrected chi connectivity index (χ3v) is 4.55. The molecular weight excluding hydrogens is 320 g/mol. The van der Waals surface area contributed by atoms with Crippen molar-refractivity contribution >= 4 is 21.8 Å². The summed E-state index contributed by atoms with van der Waals surface area (Å²) >= 11 is 3.48.